The molecule has 1 saturated heterocycles. The number of hydrogen-bond acceptors (Lipinski definition) is 5. The number of ether oxygens (including phenoxy) is 2. The summed E-state index contributed by atoms with van der Waals surface area (Å²) in [6, 6.07) is 1.91. The number of hydrogen-bond donors (Lipinski definition) is 1. The van der Waals surface area contributed by atoms with E-state index in [0.717, 1.165) is 23.0 Å². The third-order valence-electron chi connectivity index (χ3n) is 3.07. The Hall–Kier alpha value is -0.980. The predicted molar refractivity (Wildman–Crippen MR) is 69.1 cm³/mol. The maximum Gasteiger partial charge on any atom is 0.331 e. The van der Waals surface area contributed by atoms with E-state index in [0.29, 0.717) is 6.54 Å². The van der Waals surface area contributed by atoms with E-state index in [1.807, 2.05) is 6.07 Å². The van der Waals surface area contributed by atoms with Gasteiger partial charge in [0.1, 0.15) is 12.2 Å². The van der Waals surface area contributed by atoms with Gasteiger partial charge in [0.05, 0.1) is 7.11 Å². The fourth-order valence-corrected chi connectivity index (χ4v) is 2.71. The van der Waals surface area contributed by atoms with Gasteiger partial charge in [-0.15, -0.1) is 0 Å². The van der Waals surface area contributed by atoms with Gasteiger partial charge < -0.3 is 14.8 Å². The minimum absolute atomic E-state index is 0.0487. The number of carbonyl (C=O) groups excluding carboxylic acids is 1. The summed E-state index contributed by atoms with van der Waals surface area (Å²) in [5.74, 6) is -0.369. The minimum atomic E-state index is -0.490. The standard InChI is InChI=1S/C12H15BrN2O3/c1-17-11(16)7-18-12(3-5-15-8-12)9-2-4-14-6-10(9)13/h2,4,6,15H,3,5,7-8H2,1H3. The van der Waals surface area contributed by atoms with Crippen LogP contribution in [-0.4, -0.2) is 37.8 Å². The van der Waals surface area contributed by atoms with Crippen molar-refractivity contribution >= 4 is 21.9 Å². The van der Waals surface area contributed by atoms with E-state index in [1.165, 1.54) is 7.11 Å². The van der Waals surface area contributed by atoms with Crippen LogP contribution in [0.25, 0.3) is 0 Å². The van der Waals surface area contributed by atoms with Crippen molar-refractivity contribution in [1.82, 2.24) is 10.3 Å². The largest absolute Gasteiger partial charge is 0.467 e. The number of esters is 1. The fourth-order valence-electron chi connectivity index (χ4n) is 2.10. The first-order valence-corrected chi connectivity index (χ1v) is 6.49. The lowest BCUT2D eigenvalue weighted by Crippen LogP contribution is -2.35. The van der Waals surface area contributed by atoms with Crippen LogP contribution in [0.15, 0.2) is 22.9 Å². The van der Waals surface area contributed by atoms with E-state index in [1.54, 1.807) is 12.4 Å². The van der Waals surface area contributed by atoms with Gasteiger partial charge in [-0.2, -0.15) is 0 Å². The Morgan fingerprint density at radius 2 is 2.50 bits per heavy atom. The second-order valence-electron chi connectivity index (χ2n) is 4.14. The third kappa shape index (κ3) is 2.71. The summed E-state index contributed by atoms with van der Waals surface area (Å²) in [5.41, 5.74) is 0.516. The molecule has 1 aliphatic rings. The lowest BCUT2D eigenvalue weighted by Gasteiger charge is -2.29. The van der Waals surface area contributed by atoms with Crippen molar-refractivity contribution in [1.29, 1.82) is 0 Å². The molecule has 1 fully saturated rings. The highest BCUT2D eigenvalue weighted by molar-refractivity contribution is 9.10. The van der Waals surface area contributed by atoms with Crippen LogP contribution in [0.1, 0.15) is 12.0 Å². The van der Waals surface area contributed by atoms with E-state index >= 15 is 0 Å². The molecule has 1 atom stereocenters. The number of halogens is 1. The van der Waals surface area contributed by atoms with Crippen LogP contribution in [-0.2, 0) is 19.9 Å². The lowest BCUT2D eigenvalue weighted by atomic mass is 9.93. The number of nitrogens with zero attached hydrogens (tertiary/aromatic N) is 1. The van der Waals surface area contributed by atoms with Gasteiger partial charge in [-0.25, -0.2) is 4.79 Å². The molecule has 18 heavy (non-hydrogen) atoms. The van der Waals surface area contributed by atoms with Crippen molar-refractivity contribution in [2.45, 2.75) is 12.0 Å². The average molecular weight is 315 g/mol. The van der Waals surface area contributed by atoms with Gasteiger partial charge in [-0.1, -0.05) is 0 Å². The molecule has 0 aromatic carbocycles. The van der Waals surface area contributed by atoms with Gasteiger partial charge >= 0.3 is 5.97 Å². The summed E-state index contributed by atoms with van der Waals surface area (Å²) in [7, 11) is 1.35. The van der Waals surface area contributed by atoms with Crippen LogP contribution >= 0.6 is 15.9 Å². The van der Waals surface area contributed by atoms with Gasteiger partial charge in [0, 0.05) is 29.0 Å². The van der Waals surface area contributed by atoms with Crippen molar-refractivity contribution in [2.75, 3.05) is 26.8 Å². The van der Waals surface area contributed by atoms with Crippen LogP contribution in [0, 0.1) is 0 Å². The van der Waals surface area contributed by atoms with Crippen LogP contribution in [0.4, 0.5) is 0 Å². The molecule has 0 radical (unpaired) electrons. The SMILES string of the molecule is COC(=O)COC1(c2ccncc2Br)CCNC1. The Labute approximate surface area is 114 Å². The Morgan fingerprint density at radius 3 is 3.11 bits per heavy atom. The van der Waals surface area contributed by atoms with E-state index in [2.05, 4.69) is 31.0 Å². The summed E-state index contributed by atoms with van der Waals surface area (Å²) in [6.07, 6.45) is 4.27. The van der Waals surface area contributed by atoms with Gasteiger partial charge in [-0.05, 0) is 35.0 Å². The van der Waals surface area contributed by atoms with Crippen LogP contribution in [0.3, 0.4) is 0 Å². The highest BCUT2D eigenvalue weighted by atomic mass is 79.9. The number of rotatable bonds is 4. The molecule has 1 aromatic rings. The first-order valence-electron chi connectivity index (χ1n) is 5.69. The zero-order chi connectivity index (χ0) is 13.0. The minimum Gasteiger partial charge on any atom is -0.467 e. The molecule has 2 rings (SSSR count). The number of carbonyl (C=O) groups is 1. The molecule has 1 aromatic heterocycles. The third-order valence-corrected chi connectivity index (χ3v) is 3.71. The molecule has 0 saturated carbocycles. The molecule has 1 aliphatic heterocycles. The first kappa shape index (κ1) is 13.5. The number of methoxy groups -OCH3 is 1. The van der Waals surface area contributed by atoms with E-state index in [-0.39, 0.29) is 12.6 Å². The Kier molecular flexibility index (Phi) is 4.31. The van der Waals surface area contributed by atoms with Crippen molar-refractivity contribution < 1.29 is 14.3 Å². The zero-order valence-corrected chi connectivity index (χ0v) is 11.7. The van der Waals surface area contributed by atoms with Crippen LogP contribution in [0.5, 0.6) is 0 Å². The van der Waals surface area contributed by atoms with Crippen molar-refractivity contribution in [3.8, 4) is 0 Å². The highest BCUT2D eigenvalue weighted by Gasteiger charge is 2.38. The van der Waals surface area contributed by atoms with E-state index in [4.69, 9.17) is 4.74 Å². The van der Waals surface area contributed by atoms with Gasteiger partial charge in [-0.3, -0.25) is 4.98 Å². The van der Waals surface area contributed by atoms with Gasteiger partial charge in [0.2, 0.25) is 0 Å². The first-order chi connectivity index (χ1) is 8.68. The van der Waals surface area contributed by atoms with Crippen LogP contribution in [0.2, 0.25) is 0 Å². The molecular formula is C12H15BrN2O3. The highest BCUT2D eigenvalue weighted by Crippen LogP contribution is 2.36. The maximum absolute atomic E-state index is 11.2. The molecule has 0 spiro atoms. The second kappa shape index (κ2) is 5.77. The predicted octanol–water partition coefficient (Wildman–Crippen LogP) is 1.22. The average Bonchev–Trinajstić information content (AvgIpc) is 2.86. The molecule has 0 bridgehead atoms. The van der Waals surface area contributed by atoms with E-state index < -0.39 is 5.60 Å². The van der Waals surface area contributed by atoms with Gasteiger partial charge in [0.15, 0.2) is 0 Å². The Bertz CT molecular complexity index is 433. The smallest absolute Gasteiger partial charge is 0.331 e. The molecule has 6 heteroatoms. The van der Waals surface area contributed by atoms with E-state index in [9.17, 15) is 4.79 Å². The number of aromatic nitrogens is 1. The number of pyridine rings is 1. The molecule has 98 valence electrons. The Morgan fingerprint density at radius 1 is 1.67 bits per heavy atom. The molecule has 0 amide bonds. The van der Waals surface area contributed by atoms with Crippen molar-refractivity contribution in [3.63, 3.8) is 0 Å². The quantitative estimate of drug-likeness (QED) is 0.847. The van der Waals surface area contributed by atoms with Crippen LogP contribution < -0.4 is 5.32 Å². The molecule has 5 nitrogen and oxygen atoms in total. The van der Waals surface area contributed by atoms with Crippen molar-refractivity contribution in [2.24, 2.45) is 0 Å². The fraction of sp³-hybridized carbons (Fsp3) is 0.500. The normalized spacial score (nSPS) is 23.0. The number of nitrogens with one attached hydrogen (secondary N) is 1. The molecule has 2 heterocycles. The lowest BCUT2D eigenvalue weighted by molar-refractivity contribution is -0.153. The Balaban J connectivity index is 2.22. The summed E-state index contributed by atoms with van der Waals surface area (Å²) in [6.45, 7) is 1.48. The maximum atomic E-state index is 11.2. The zero-order valence-electron chi connectivity index (χ0n) is 10.1. The summed E-state index contributed by atoms with van der Waals surface area (Å²) < 4.78 is 11.3. The van der Waals surface area contributed by atoms with Crippen molar-refractivity contribution in [3.05, 3.63) is 28.5 Å². The second-order valence-corrected chi connectivity index (χ2v) is 5.00. The summed E-state index contributed by atoms with van der Waals surface area (Å²) >= 11 is 3.48. The molecule has 0 aliphatic carbocycles. The summed E-state index contributed by atoms with van der Waals surface area (Å²) in [4.78, 5) is 15.3. The van der Waals surface area contributed by atoms with Gasteiger partial charge in [0.25, 0.3) is 0 Å². The topological polar surface area (TPSA) is 60.5 Å². The summed E-state index contributed by atoms with van der Waals surface area (Å²) in [5, 5.41) is 3.26. The molecule has 1 N–H and O–H groups in total. The molecular weight excluding hydrogens is 300 g/mol. The molecule has 1 unspecified atom stereocenters. The monoisotopic (exact) mass is 314 g/mol.